The van der Waals surface area contributed by atoms with E-state index < -0.39 is 12.2 Å². The van der Waals surface area contributed by atoms with Crippen LogP contribution in [0.3, 0.4) is 0 Å². The molecule has 1 atom stereocenters. The molecule has 2 aromatic rings. The smallest absolute Gasteiger partial charge is 0.352 e. The third-order valence-corrected chi connectivity index (χ3v) is 5.40. The molecule has 1 aliphatic rings. The molecule has 2 heterocycles. The van der Waals surface area contributed by atoms with Crippen LogP contribution in [0.5, 0.6) is 0 Å². The summed E-state index contributed by atoms with van der Waals surface area (Å²) in [5.74, 6) is 0.920. The predicted octanol–water partition coefficient (Wildman–Crippen LogP) is 3.58. The maximum atomic E-state index is 14.6. The number of hydrogen-bond donors (Lipinski definition) is 1. The van der Waals surface area contributed by atoms with Crippen LogP contribution in [0.1, 0.15) is 18.3 Å². The summed E-state index contributed by atoms with van der Waals surface area (Å²) in [4.78, 5) is 11.7. The molecule has 31 heavy (non-hydrogen) atoms. The number of halogens is 5. The van der Waals surface area contributed by atoms with Crippen molar-refractivity contribution in [2.24, 2.45) is 4.99 Å². The molecular weight excluding hydrogens is 527 g/mol. The average Bonchev–Trinajstić information content (AvgIpc) is 3.13. The summed E-state index contributed by atoms with van der Waals surface area (Å²) >= 11 is 0. The summed E-state index contributed by atoms with van der Waals surface area (Å²) in [6, 6.07) is 3.51. The topological polar surface area (TPSA) is 48.7 Å². The number of alkyl halides is 3. The van der Waals surface area contributed by atoms with Crippen LogP contribution in [0, 0.1) is 12.7 Å². The maximum absolute atomic E-state index is 14.6. The minimum absolute atomic E-state index is 0. The van der Waals surface area contributed by atoms with Crippen molar-refractivity contribution in [2.45, 2.75) is 32.6 Å². The van der Waals surface area contributed by atoms with Crippen LogP contribution in [-0.2, 0) is 6.54 Å². The van der Waals surface area contributed by atoms with E-state index in [2.05, 4.69) is 15.3 Å². The largest absolute Gasteiger partial charge is 0.403 e. The number of aromatic nitrogens is 2. The molecule has 0 amide bonds. The Morgan fingerprint density at radius 3 is 2.42 bits per heavy atom. The monoisotopic (exact) mass is 554 g/mol. The number of benzene rings is 1. The number of aryl methyl sites for hydroxylation is 1. The van der Waals surface area contributed by atoms with Gasteiger partial charge in [-0.2, -0.15) is 13.2 Å². The van der Waals surface area contributed by atoms with Crippen LogP contribution in [0.25, 0.3) is 5.69 Å². The molecule has 0 saturated carbocycles. The number of aliphatic imine (C=N–C) groups is 1. The molecule has 1 fully saturated rings. The zero-order chi connectivity index (χ0) is 21.9. The van der Waals surface area contributed by atoms with Crippen LogP contribution in [0.4, 0.5) is 17.6 Å². The maximum Gasteiger partial charge on any atom is 0.403 e. The van der Waals surface area contributed by atoms with E-state index in [9.17, 15) is 17.6 Å². The van der Waals surface area contributed by atoms with Crippen molar-refractivity contribution >= 4 is 29.9 Å². The first kappa shape index (κ1) is 25.4. The van der Waals surface area contributed by atoms with Gasteiger partial charge in [-0.15, -0.1) is 24.0 Å². The molecule has 0 aliphatic carbocycles. The van der Waals surface area contributed by atoms with Crippen molar-refractivity contribution in [1.82, 2.24) is 24.7 Å². The van der Waals surface area contributed by atoms with Crippen LogP contribution in [-0.4, -0.2) is 70.8 Å². The fraction of sp³-hybridized carbons (Fsp3) is 0.500. The van der Waals surface area contributed by atoms with E-state index in [-0.39, 0.29) is 29.8 Å². The van der Waals surface area contributed by atoms with Gasteiger partial charge in [0.15, 0.2) is 5.96 Å². The van der Waals surface area contributed by atoms with Gasteiger partial charge >= 0.3 is 6.18 Å². The average molecular weight is 554 g/mol. The van der Waals surface area contributed by atoms with Crippen molar-refractivity contribution in [1.29, 1.82) is 0 Å². The van der Waals surface area contributed by atoms with Crippen molar-refractivity contribution in [3.05, 3.63) is 47.8 Å². The summed E-state index contributed by atoms with van der Waals surface area (Å²) in [5, 5.41) is 3.17. The Hall–Kier alpha value is -1.89. The van der Waals surface area contributed by atoms with Crippen molar-refractivity contribution in [2.75, 3.05) is 33.2 Å². The highest BCUT2D eigenvalue weighted by Gasteiger charge is 2.41. The molecule has 1 aromatic heterocycles. The lowest BCUT2D eigenvalue weighted by molar-refractivity contribution is -0.181. The molecule has 0 radical (unpaired) electrons. The van der Waals surface area contributed by atoms with E-state index in [1.54, 1.807) is 37.0 Å². The number of nitrogens with zero attached hydrogens (tertiary/aromatic N) is 5. The van der Waals surface area contributed by atoms with E-state index in [0.717, 1.165) is 5.56 Å². The van der Waals surface area contributed by atoms with E-state index >= 15 is 0 Å². The predicted molar refractivity (Wildman–Crippen MR) is 123 cm³/mol. The van der Waals surface area contributed by atoms with E-state index in [0.29, 0.717) is 50.2 Å². The van der Waals surface area contributed by atoms with Gasteiger partial charge in [-0.05, 0) is 31.5 Å². The molecule has 1 N–H and O–H groups in total. The van der Waals surface area contributed by atoms with Gasteiger partial charge in [0.1, 0.15) is 17.7 Å². The Morgan fingerprint density at radius 2 is 1.90 bits per heavy atom. The zero-order valence-electron chi connectivity index (χ0n) is 17.7. The first-order valence-corrected chi connectivity index (χ1v) is 9.76. The minimum atomic E-state index is -4.23. The van der Waals surface area contributed by atoms with Crippen LogP contribution < -0.4 is 5.32 Å². The number of hydrogen-bond acceptors (Lipinski definition) is 3. The molecule has 172 valence electrons. The van der Waals surface area contributed by atoms with Gasteiger partial charge in [0.05, 0.1) is 5.69 Å². The van der Waals surface area contributed by atoms with Crippen molar-refractivity contribution in [3.63, 3.8) is 0 Å². The van der Waals surface area contributed by atoms with Gasteiger partial charge in [0.25, 0.3) is 0 Å². The first-order valence-electron chi connectivity index (χ1n) is 9.76. The summed E-state index contributed by atoms with van der Waals surface area (Å²) in [5.41, 5.74) is 1.16. The van der Waals surface area contributed by atoms with Gasteiger partial charge in [0.2, 0.25) is 0 Å². The van der Waals surface area contributed by atoms with Crippen LogP contribution in [0.15, 0.2) is 35.6 Å². The second kappa shape index (κ2) is 10.6. The number of imidazole rings is 1. The third-order valence-electron chi connectivity index (χ3n) is 5.40. The van der Waals surface area contributed by atoms with Gasteiger partial charge in [-0.1, -0.05) is 6.07 Å². The lowest BCUT2D eigenvalue weighted by Crippen LogP contribution is -2.56. The van der Waals surface area contributed by atoms with Crippen molar-refractivity contribution in [3.8, 4) is 5.69 Å². The second-order valence-electron chi connectivity index (χ2n) is 7.27. The molecule has 1 aromatic carbocycles. The number of piperazine rings is 1. The van der Waals surface area contributed by atoms with Gasteiger partial charge in [-0.3, -0.25) is 9.89 Å². The normalized spacial score (nSPS) is 16.7. The van der Waals surface area contributed by atoms with Crippen molar-refractivity contribution < 1.29 is 17.6 Å². The molecular formula is C20H27F4IN6. The standard InChI is InChI=1S/C20H26F4N6.HI/c1-14(20(22,23)24)28-8-10-29(11-9-28)19(25-3)27-13-16-4-5-18(17(21)12-16)30-7-6-26-15(30)2;/h4-7,12,14H,8-11,13H2,1-3H3,(H,25,27);1H. The lowest BCUT2D eigenvalue weighted by atomic mass is 10.2. The quantitative estimate of drug-likeness (QED) is 0.272. The van der Waals surface area contributed by atoms with Gasteiger partial charge in [0, 0.05) is 52.2 Å². The zero-order valence-corrected chi connectivity index (χ0v) is 20.0. The van der Waals surface area contributed by atoms with E-state index in [1.165, 1.54) is 17.9 Å². The highest BCUT2D eigenvalue weighted by Crippen LogP contribution is 2.25. The van der Waals surface area contributed by atoms with Crippen LogP contribution in [0.2, 0.25) is 0 Å². The fourth-order valence-electron chi connectivity index (χ4n) is 3.53. The fourth-order valence-corrected chi connectivity index (χ4v) is 3.53. The molecule has 0 spiro atoms. The minimum Gasteiger partial charge on any atom is -0.352 e. The summed E-state index contributed by atoms with van der Waals surface area (Å²) in [6.45, 7) is 4.82. The molecule has 3 rings (SSSR count). The molecule has 11 heteroatoms. The number of rotatable bonds is 4. The number of nitrogens with one attached hydrogen (secondary N) is 1. The van der Waals surface area contributed by atoms with E-state index in [4.69, 9.17) is 0 Å². The Balaban J connectivity index is 0.00000341. The molecule has 0 bridgehead atoms. The SMILES string of the molecule is CN=C(NCc1ccc(-n2ccnc2C)c(F)c1)N1CCN(C(C)C(F)(F)F)CC1.I. The van der Waals surface area contributed by atoms with E-state index in [1.807, 2.05) is 11.0 Å². The highest BCUT2D eigenvalue weighted by molar-refractivity contribution is 14.0. The molecule has 1 saturated heterocycles. The Bertz CT molecular complexity index is 890. The summed E-state index contributed by atoms with van der Waals surface area (Å²) in [6.07, 6.45) is -0.913. The molecule has 6 nitrogen and oxygen atoms in total. The number of guanidine groups is 1. The first-order chi connectivity index (χ1) is 14.2. The molecule has 1 aliphatic heterocycles. The summed E-state index contributed by atoms with van der Waals surface area (Å²) < 4.78 is 55.0. The Labute approximate surface area is 196 Å². The molecule has 1 unspecified atom stereocenters. The summed E-state index contributed by atoms with van der Waals surface area (Å²) in [7, 11) is 1.62. The third kappa shape index (κ3) is 6.09. The Morgan fingerprint density at radius 1 is 1.23 bits per heavy atom. The second-order valence-corrected chi connectivity index (χ2v) is 7.27. The lowest BCUT2D eigenvalue weighted by Gasteiger charge is -2.39. The highest BCUT2D eigenvalue weighted by atomic mass is 127. The van der Waals surface area contributed by atoms with Crippen LogP contribution >= 0.6 is 24.0 Å². The van der Waals surface area contributed by atoms with Gasteiger partial charge < -0.3 is 14.8 Å². The van der Waals surface area contributed by atoms with Gasteiger partial charge in [-0.25, -0.2) is 9.37 Å². The Kier molecular flexibility index (Phi) is 8.69.